The minimum atomic E-state index is 0.954. The lowest BCUT2D eigenvalue weighted by molar-refractivity contribution is 0.729. The van der Waals surface area contributed by atoms with Crippen LogP contribution < -0.4 is 0 Å². The van der Waals surface area contributed by atoms with Crippen LogP contribution in [0.15, 0.2) is 14.9 Å². The van der Waals surface area contributed by atoms with Crippen molar-refractivity contribution in [3.05, 3.63) is 11.6 Å². The second-order valence-corrected chi connectivity index (χ2v) is 2.38. The van der Waals surface area contributed by atoms with E-state index >= 15 is 0 Å². The standard InChI is InChI=1S/C7H4O2/c1-3-2-4-6(8-4)7-5(3)9-7/h2H,1H3. The molecule has 0 unspecified atom stereocenters. The molecule has 0 amide bonds. The van der Waals surface area contributed by atoms with Crippen LogP contribution in [0.4, 0.5) is 0 Å². The summed E-state index contributed by atoms with van der Waals surface area (Å²) >= 11 is 0. The maximum atomic E-state index is 5.13. The molecule has 3 aromatic rings. The van der Waals surface area contributed by atoms with Gasteiger partial charge in [0.1, 0.15) is 0 Å². The van der Waals surface area contributed by atoms with Crippen molar-refractivity contribution < 1.29 is 8.83 Å². The first-order chi connectivity index (χ1) is 4.36. The number of fused-ring (bicyclic) bond motifs is 3. The van der Waals surface area contributed by atoms with Crippen LogP contribution in [-0.2, 0) is 0 Å². The predicted molar refractivity (Wildman–Crippen MR) is 33.1 cm³/mol. The van der Waals surface area contributed by atoms with Gasteiger partial charge in [0.2, 0.25) is 11.2 Å². The Hall–Kier alpha value is -1.18. The van der Waals surface area contributed by atoms with Crippen molar-refractivity contribution in [3.8, 4) is 0 Å². The Morgan fingerprint density at radius 2 is 2.00 bits per heavy atom. The monoisotopic (exact) mass is 120 g/mol. The Morgan fingerprint density at radius 3 is 2.89 bits per heavy atom. The summed E-state index contributed by atoms with van der Waals surface area (Å²) in [5, 5.41) is 0. The van der Waals surface area contributed by atoms with Crippen LogP contribution in [0.2, 0.25) is 0 Å². The molecule has 0 atom stereocenters. The van der Waals surface area contributed by atoms with E-state index in [-0.39, 0.29) is 0 Å². The highest BCUT2D eigenvalue weighted by atomic mass is 16.4. The Bertz CT molecular complexity index is 432. The van der Waals surface area contributed by atoms with E-state index in [2.05, 4.69) is 0 Å². The molecule has 0 aliphatic heterocycles. The third-order valence-electron chi connectivity index (χ3n) is 1.67. The second-order valence-electron chi connectivity index (χ2n) is 2.38. The molecule has 0 aliphatic rings. The van der Waals surface area contributed by atoms with E-state index in [1.807, 2.05) is 13.0 Å². The summed E-state index contributed by atoms with van der Waals surface area (Å²) < 4.78 is 10.2. The van der Waals surface area contributed by atoms with Crippen LogP contribution in [-0.4, -0.2) is 0 Å². The molecule has 0 aliphatic carbocycles. The molecule has 2 nitrogen and oxygen atoms in total. The first-order valence-corrected chi connectivity index (χ1v) is 2.89. The zero-order valence-corrected chi connectivity index (χ0v) is 4.89. The molecule has 44 valence electrons. The Morgan fingerprint density at radius 1 is 1.11 bits per heavy atom. The molecular formula is C7H4O2. The fourth-order valence-corrected chi connectivity index (χ4v) is 1.09. The molecule has 0 bridgehead atoms. The van der Waals surface area contributed by atoms with E-state index < -0.39 is 0 Å². The fraction of sp³-hybridized carbons (Fsp3) is 0.143. The highest BCUT2D eigenvalue weighted by molar-refractivity contribution is 6.07. The third-order valence-corrected chi connectivity index (χ3v) is 1.67. The van der Waals surface area contributed by atoms with Gasteiger partial charge < -0.3 is 8.83 Å². The second kappa shape index (κ2) is 0.817. The van der Waals surface area contributed by atoms with Crippen LogP contribution in [0, 0.1) is 6.92 Å². The zero-order chi connectivity index (χ0) is 6.01. The minimum absolute atomic E-state index is 0.954. The van der Waals surface area contributed by atoms with E-state index in [1.165, 1.54) is 5.56 Å². The smallest absolute Gasteiger partial charge is 0.216 e. The average Bonchev–Trinajstić information content (AvgIpc) is 2.54. The largest absolute Gasteiger partial charge is 0.445 e. The van der Waals surface area contributed by atoms with Gasteiger partial charge in [-0.3, -0.25) is 0 Å². The zero-order valence-electron chi connectivity index (χ0n) is 4.89. The van der Waals surface area contributed by atoms with E-state index in [9.17, 15) is 0 Å². The van der Waals surface area contributed by atoms with E-state index in [4.69, 9.17) is 8.83 Å². The lowest BCUT2D eigenvalue weighted by Gasteiger charge is -1.71. The van der Waals surface area contributed by atoms with Gasteiger partial charge in [-0.15, -0.1) is 0 Å². The van der Waals surface area contributed by atoms with Crippen LogP contribution in [0.5, 0.6) is 0 Å². The Balaban J connectivity index is 2.70. The van der Waals surface area contributed by atoms with Crippen molar-refractivity contribution in [3.63, 3.8) is 0 Å². The molecule has 3 rings (SSSR count). The third kappa shape index (κ3) is 0.304. The lowest BCUT2D eigenvalue weighted by Crippen LogP contribution is -1.58. The normalized spacial score (nSPS) is 13.0. The highest BCUT2D eigenvalue weighted by Gasteiger charge is 2.22. The van der Waals surface area contributed by atoms with E-state index in [0.29, 0.717) is 0 Å². The van der Waals surface area contributed by atoms with Crippen LogP contribution in [0.25, 0.3) is 22.3 Å². The number of hydrogen-bond donors (Lipinski definition) is 0. The van der Waals surface area contributed by atoms with Crippen molar-refractivity contribution in [2.45, 2.75) is 6.92 Å². The van der Waals surface area contributed by atoms with Gasteiger partial charge in [-0.1, -0.05) is 0 Å². The fourth-order valence-electron chi connectivity index (χ4n) is 1.09. The predicted octanol–water partition coefficient (Wildman–Crippen LogP) is 2.36. The summed E-state index contributed by atoms with van der Waals surface area (Å²) in [4.78, 5) is 0. The molecule has 2 heterocycles. The van der Waals surface area contributed by atoms with Crippen molar-refractivity contribution in [2.24, 2.45) is 0 Å². The summed E-state index contributed by atoms with van der Waals surface area (Å²) in [5.74, 6) is 0. The molecule has 0 saturated heterocycles. The number of rotatable bonds is 0. The van der Waals surface area contributed by atoms with Gasteiger partial charge in [-0.05, 0) is 18.6 Å². The minimum Gasteiger partial charge on any atom is -0.445 e. The molecule has 0 fully saturated rings. The van der Waals surface area contributed by atoms with Crippen LogP contribution in [0.1, 0.15) is 5.56 Å². The first-order valence-electron chi connectivity index (χ1n) is 2.89. The SMILES string of the molecule is Cc1cc2oc2c2oc12. The molecule has 9 heavy (non-hydrogen) atoms. The summed E-state index contributed by atoms with van der Waals surface area (Å²) in [6, 6.07) is 2.00. The van der Waals surface area contributed by atoms with Gasteiger partial charge in [-0.25, -0.2) is 0 Å². The number of hydrogen-bond acceptors (Lipinski definition) is 2. The maximum absolute atomic E-state index is 5.13. The number of benzene rings is 1. The molecule has 0 N–H and O–H groups in total. The summed E-state index contributed by atoms with van der Waals surface area (Å²) in [5.41, 5.74) is 5.11. The van der Waals surface area contributed by atoms with E-state index in [0.717, 1.165) is 22.3 Å². The quantitative estimate of drug-likeness (QED) is 0.455. The van der Waals surface area contributed by atoms with Gasteiger partial charge >= 0.3 is 0 Å². The molecular weight excluding hydrogens is 116 g/mol. The van der Waals surface area contributed by atoms with Crippen LogP contribution in [0.3, 0.4) is 0 Å². The van der Waals surface area contributed by atoms with Gasteiger partial charge in [0.05, 0.1) is 0 Å². The average molecular weight is 120 g/mol. The Labute approximate surface area is 50.7 Å². The lowest BCUT2D eigenvalue weighted by atomic mass is 10.2. The van der Waals surface area contributed by atoms with Gasteiger partial charge in [-0.2, -0.15) is 0 Å². The molecule has 2 heteroatoms. The number of aryl methyl sites for hydroxylation is 1. The topological polar surface area (TPSA) is 26.3 Å². The van der Waals surface area contributed by atoms with Crippen molar-refractivity contribution in [1.82, 2.24) is 0 Å². The molecule has 0 radical (unpaired) electrons. The molecule has 0 saturated carbocycles. The Kier molecular flexibility index (Phi) is 0.342. The van der Waals surface area contributed by atoms with Gasteiger partial charge in [0.25, 0.3) is 0 Å². The van der Waals surface area contributed by atoms with Gasteiger partial charge in [0.15, 0.2) is 11.2 Å². The van der Waals surface area contributed by atoms with Crippen molar-refractivity contribution >= 4 is 22.3 Å². The van der Waals surface area contributed by atoms with Crippen LogP contribution >= 0.6 is 0 Å². The molecule has 1 aromatic carbocycles. The van der Waals surface area contributed by atoms with Crippen molar-refractivity contribution in [1.29, 1.82) is 0 Å². The first kappa shape index (κ1) is 3.77. The summed E-state index contributed by atoms with van der Waals surface area (Å²) in [6.45, 7) is 2.02. The summed E-state index contributed by atoms with van der Waals surface area (Å²) in [6.07, 6.45) is 0. The van der Waals surface area contributed by atoms with Crippen molar-refractivity contribution in [2.75, 3.05) is 0 Å². The molecule has 2 aromatic heterocycles. The maximum Gasteiger partial charge on any atom is 0.216 e. The van der Waals surface area contributed by atoms with Gasteiger partial charge in [0, 0.05) is 0 Å². The summed E-state index contributed by atoms with van der Waals surface area (Å²) in [7, 11) is 0. The molecule has 0 spiro atoms. The highest BCUT2D eigenvalue weighted by Crippen LogP contribution is 2.40. The van der Waals surface area contributed by atoms with E-state index in [1.54, 1.807) is 0 Å².